The van der Waals surface area contributed by atoms with E-state index >= 15 is 0 Å². The highest BCUT2D eigenvalue weighted by atomic mass is 35.5. The minimum atomic E-state index is -0.514. The Balaban J connectivity index is 1.26. The van der Waals surface area contributed by atoms with Gasteiger partial charge in [-0.15, -0.1) is 0 Å². The van der Waals surface area contributed by atoms with Gasteiger partial charge in [0.2, 0.25) is 5.91 Å². The number of rotatable bonds is 6. The van der Waals surface area contributed by atoms with Crippen LogP contribution in [0, 0.1) is 11.7 Å². The van der Waals surface area contributed by atoms with Gasteiger partial charge in [0.05, 0.1) is 11.7 Å². The van der Waals surface area contributed by atoms with Crippen LogP contribution >= 0.6 is 11.6 Å². The van der Waals surface area contributed by atoms with E-state index in [-0.39, 0.29) is 17.6 Å². The number of benzene rings is 1. The summed E-state index contributed by atoms with van der Waals surface area (Å²) in [7, 11) is 0. The highest BCUT2D eigenvalue weighted by Gasteiger charge is 2.29. The molecule has 4 rings (SSSR count). The van der Waals surface area contributed by atoms with Crippen molar-refractivity contribution in [2.24, 2.45) is 5.92 Å². The quantitative estimate of drug-likeness (QED) is 0.713. The lowest BCUT2D eigenvalue weighted by Gasteiger charge is -2.40. The Labute approximate surface area is 194 Å². The average molecular weight is 460 g/mol. The molecule has 0 aliphatic carbocycles. The molecule has 2 saturated heterocycles. The lowest BCUT2D eigenvalue weighted by atomic mass is 9.95. The predicted octanol–water partition coefficient (Wildman–Crippen LogP) is 3.74. The normalized spacial score (nSPS) is 21.3. The number of likely N-dealkylation sites (tertiary alicyclic amines) is 1. The second kappa shape index (κ2) is 10.6. The molecule has 2 fully saturated rings. The van der Waals surface area contributed by atoms with Gasteiger partial charge in [-0.25, -0.2) is 9.37 Å². The molecule has 1 amide bonds. The summed E-state index contributed by atoms with van der Waals surface area (Å²) in [6.45, 7) is 8.75. The van der Waals surface area contributed by atoms with Crippen molar-refractivity contribution in [3.8, 4) is 0 Å². The minimum absolute atomic E-state index is 0.172. The first-order chi connectivity index (χ1) is 15.5. The van der Waals surface area contributed by atoms with E-state index in [9.17, 15) is 9.18 Å². The minimum Gasteiger partial charge on any atom is -0.354 e. The van der Waals surface area contributed by atoms with Crippen molar-refractivity contribution in [1.29, 1.82) is 0 Å². The number of nitrogens with one attached hydrogen (secondary N) is 1. The first-order valence-corrected chi connectivity index (χ1v) is 11.8. The molecule has 8 heteroatoms. The molecule has 1 aromatic heterocycles. The number of pyridine rings is 1. The number of hydrogen-bond donors (Lipinski definition) is 1. The third kappa shape index (κ3) is 5.77. The van der Waals surface area contributed by atoms with Crippen molar-refractivity contribution >= 4 is 29.0 Å². The van der Waals surface area contributed by atoms with Crippen LogP contribution in [-0.4, -0.2) is 72.5 Å². The van der Waals surface area contributed by atoms with Gasteiger partial charge in [0.1, 0.15) is 11.6 Å². The number of amides is 1. The predicted molar refractivity (Wildman–Crippen MR) is 127 cm³/mol. The van der Waals surface area contributed by atoms with E-state index in [0.717, 1.165) is 58.1 Å². The van der Waals surface area contributed by atoms with E-state index in [2.05, 4.69) is 31.1 Å². The molecule has 32 heavy (non-hydrogen) atoms. The first kappa shape index (κ1) is 23.0. The lowest BCUT2D eigenvalue weighted by Crippen LogP contribution is -2.52. The number of piperazine rings is 1. The molecule has 0 bridgehead atoms. The summed E-state index contributed by atoms with van der Waals surface area (Å²) >= 11 is 5.80. The van der Waals surface area contributed by atoms with E-state index in [1.54, 1.807) is 6.07 Å². The Morgan fingerprint density at radius 2 is 2.03 bits per heavy atom. The second-order valence-electron chi connectivity index (χ2n) is 8.77. The number of carbonyl (C=O) groups excluding carboxylic acids is 1. The van der Waals surface area contributed by atoms with Crippen LogP contribution in [0.3, 0.4) is 0 Å². The molecule has 0 saturated carbocycles. The Kier molecular flexibility index (Phi) is 7.60. The molecule has 2 aromatic rings. The van der Waals surface area contributed by atoms with Gasteiger partial charge in [0.25, 0.3) is 0 Å². The fourth-order valence-electron chi connectivity index (χ4n) is 4.66. The van der Waals surface area contributed by atoms with Crippen LogP contribution in [0.1, 0.15) is 19.8 Å². The molecule has 6 nitrogen and oxygen atoms in total. The highest BCUT2D eigenvalue weighted by molar-refractivity contribution is 6.30. The van der Waals surface area contributed by atoms with Gasteiger partial charge >= 0.3 is 0 Å². The number of halogens is 2. The van der Waals surface area contributed by atoms with Crippen LogP contribution in [-0.2, 0) is 4.79 Å². The first-order valence-electron chi connectivity index (χ1n) is 11.4. The van der Waals surface area contributed by atoms with Crippen LogP contribution < -0.4 is 10.2 Å². The van der Waals surface area contributed by atoms with E-state index in [0.29, 0.717) is 10.9 Å². The summed E-state index contributed by atoms with van der Waals surface area (Å²) < 4.78 is 14.0. The lowest BCUT2D eigenvalue weighted by molar-refractivity contribution is -0.121. The standard InChI is InChI=1S/C24H31ClFN5O/c1-18(24(32)28-22-8-7-20(25)15-21(22)26)31-10-4-5-19(17-31)16-29-11-13-30(14-12-29)23-6-2-3-9-27-23/h2-3,6-9,15,18-19H,4-5,10-14,16-17H2,1H3,(H,28,32). The van der Waals surface area contributed by atoms with Crippen molar-refractivity contribution < 1.29 is 9.18 Å². The van der Waals surface area contributed by atoms with Crippen LogP contribution in [0.4, 0.5) is 15.9 Å². The van der Waals surface area contributed by atoms with Gasteiger partial charge in [0.15, 0.2) is 0 Å². The Bertz CT molecular complexity index is 907. The van der Waals surface area contributed by atoms with E-state index in [1.807, 2.05) is 25.3 Å². The maximum Gasteiger partial charge on any atom is 0.241 e. The summed E-state index contributed by atoms with van der Waals surface area (Å²) in [5.74, 6) is 0.885. The molecule has 172 valence electrons. The van der Waals surface area contributed by atoms with Gasteiger partial charge in [0, 0.05) is 50.5 Å². The largest absolute Gasteiger partial charge is 0.354 e. The third-order valence-electron chi connectivity index (χ3n) is 6.53. The smallest absolute Gasteiger partial charge is 0.241 e. The van der Waals surface area contributed by atoms with Crippen molar-refractivity contribution in [2.75, 3.05) is 56.0 Å². The van der Waals surface area contributed by atoms with E-state index in [1.165, 1.54) is 18.6 Å². The summed E-state index contributed by atoms with van der Waals surface area (Å²) in [6.07, 6.45) is 4.10. The molecular weight excluding hydrogens is 429 g/mol. The maximum absolute atomic E-state index is 14.0. The molecule has 2 aliphatic rings. The Morgan fingerprint density at radius 1 is 1.22 bits per heavy atom. The number of anilines is 2. The van der Waals surface area contributed by atoms with Gasteiger partial charge in [-0.05, 0) is 62.6 Å². The summed E-state index contributed by atoms with van der Waals surface area (Å²) in [5, 5.41) is 3.03. The van der Waals surface area contributed by atoms with Crippen molar-refractivity contribution in [3.05, 3.63) is 53.4 Å². The van der Waals surface area contributed by atoms with Crippen LogP contribution in [0.25, 0.3) is 0 Å². The van der Waals surface area contributed by atoms with Gasteiger partial charge < -0.3 is 10.2 Å². The molecule has 3 heterocycles. The zero-order valence-electron chi connectivity index (χ0n) is 18.5. The molecule has 0 radical (unpaired) electrons. The average Bonchev–Trinajstić information content (AvgIpc) is 2.81. The molecule has 2 aliphatic heterocycles. The van der Waals surface area contributed by atoms with Crippen LogP contribution in [0.5, 0.6) is 0 Å². The number of piperidine rings is 1. The van der Waals surface area contributed by atoms with E-state index < -0.39 is 5.82 Å². The topological polar surface area (TPSA) is 51.7 Å². The Morgan fingerprint density at radius 3 is 2.75 bits per heavy atom. The monoisotopic (exact) mass is 459 g/mol. The molecule has 2 unspecified atom stereocenters. The summed E-state index contributed by atoms with van der Waals surface area (Å²) in [6, 6.07) is 10.0. The van der Waals surface area contributed by atoms with Crippen LogP contribution in [0.15, 0.2) is 42.6 Å². The van der Waals surface area contributed by atoms with Gasteiger partial charge in [-0.1, -0.05) is 17.7 Å². The molecule has 2 atom stereocenters. The third-order valence-corrected chi connectivity index (χ3v) is 6.76. The highest BCUT2D eigenvalue weighted by Crippen LogP contribution is 2.23. The van der Waals surface area contributed by atoms with Gasteiger partial charge in [-0.2, -0.15) is 0 Å². The molecular formula is C24H31ClFN5O. The maximum atomic E-state index is 14.0. The number of nitrogens with zero attached hydrogens (tertiary/aromatic N) is 4. The van der Waals surface area contributed by atoms with E-state index in [4.69, 9.17) is 11.6 Å². The van der Waals surface area contributed by atoms with Gasteiger partial charge in [-0.3, -0.25) is 14.6 Å². The zero-order valence-corrected chi connectivity index (χ0v) is 19.3. The summed E-state index contributed by atoms with van der Waals surface area (Å²) in [4.78, 5) is 24.3. The SMILES string of the molecule is CC(C(=O)Nc1ccc(Cl)cc1F)N1CCCC(CN2CCN(c3ccccn3)CC2)C1. The van der Waals surface area contributed by atoms with Crippen LogP contribution in [0.2, 0.25) is 5.02 Å². The zero-order chi connectivity index (χ0) is 22.5. The number of aromatic nitrogens is 1. The molecule has 1 aromatic carbocycles. The van der Waals surface area contributed by atoms with Crippen molar-refractivity contribution in [3.63, 3.8) is 0 Å². The van der Waals surface area contributed by atoms with Crippen molar-refractivity contribution in [1.82, 2.24) is 14.8 Å². The summed E-state index contributed by atoms with van der Waals surface area (Å²) in [5.41, 5.74) is 0.172. The fourth-order valence-corrected chi connectivity index (χ4v) is 4.82. The number of carbonyl (C=O) groups is 1. The molecule has 0 spiro atoms. The van der Waals surface area contributed by atoms with Crippen molar-refractivity contribution in [2.45, 2.75) is 25.8 Å². The molecule has 1 N–H and O–H groups in total. The Hall–Kier alpha value is -2.22. The number of hydrogen-bond acceptors (Lipinski definition) is 5. The fraction of sp³-hybridized carbons (Fsp3) is 0.500. The second-order valence-corrected chi connectivity index (χ2v) is 9.20.